The number of rotatable bonds is 2. The summed E-state index contributed by atoms with van der Waals surface area (Å²) < 4.78 is 0.903. The molecule has 0 aromatic carbocycles. The number of halogens is 1. The summed E-state index contributed by atoms with van der Waals surface area (Å²) in [5.41, 5.74) is 3.72. The van der Waals surface area contributed by atoms with E-state index in [1.165, 1.54) is 0 Å². The SMILES string of the molecule is CC(C)(C)N(Nc1nccc(I)c1C#N)C(C)(C)C. The Morgan fingerprint density at radius 2 is 1.74 bits per heavy atom. The van der Waals surface area contributed by atoms with Crippen LogP contribution in [0.25, 0.3) is 0 Å². The Morgan fingerprint density at radius 1 is 1.21 bits per heavy atom. The van der Waals surface area contributed by atoms with Gasteiger partial charge in [-0.2, -0.15) is 5.26 Å². The first kappa shape index (κ1) is 16.2. The summed E-state index contributed by atoms with van der Waals surface area (Å²) in [6.07, 6.45) is 1.72. The van der Waals surface area contributed by atoms with Crippen molar-refractivity contribution in [3.63, 3.8) is 0 Å². The van der Waals surface area contributed by atoms with Crippen LogP contribution in [-0.4, -0.2) is 21.1 Å². The zero-order valence-corrected chi connectivity index (χ0v) is 14.5. The van der Waals surface area contributed by atoms with Crippen LogP contribution in [0.1, 0.15) is 47.1 Å². The maximum atomic E-state index is 9.26. The van der Waals surface area contributed by atoms with Gasteiger partial charge in [0.2, 0.25) is 0 Å². The number of aromatic nitrogens is 1. The summed E-state index contributed by atoms with van der Waals surface area (Å²) in [5, 5.41) is 11.4. The maximum Gasteiger partial charge on any atom is 0.159 e. The summed E-state index contributed by atoms with van der Waals surface area (Å²) in [5.74, 6) is 0.610. The summed E-state index contributed by atoms with van der Waals surface area (Å²) in [4.78, 5) is 4.30. The number of nitrogens with one attached hydrogen (secondary N) is 1. The minimum Gasteiger partial charge on any atom is -0.301 e. The number of nitriles is 1. The molecule has 1 aromatic heterocycles. The molecule has 19 heavy (non-hydrogen) atoms. The van der Waals surface area contributed by atoms with Crippen molar-refractivity contribution in [2.75, 3.05) is 5.43 Å². The van der Waals surface area contributed by atoms with Gasteiger partial charge in [0.1, 0.15) is 11.6 Å². The lowest BCUT2D eigenvalue weighted by Gasteiger charge is -2.45. The first-order valence-electron chi connectivity index (χ1n) is 6.19. The van der Waals surface area contributed by atoms with E-state index >= 15 is 0 Å². The normalized spacial score (nSPS) is 12.4. The first-order valence-corrected chi connectivity index (χ1v) is 7.27. The quantitative estimate of drug-likeness (QED) is 0.634. The van der Waals surface area contributed by atoms with Crippen LogP contribution in [0.2, 0.25) is 0 Å². The van der Waals surface area contributed by atoms with Gasteiger partial charge in [-0.05, 0) is 70.2 Å². The number of hydrogen-bond acceptors (Lipinski definition) is 4. The van der Waals surface area contributed by atoms with Gasteiger partial charge in [0, 0.05) is 20.8 Å². The minimum absolute atomic E-state index is 0.0894. The molecule has 0 bridgehead atoms. The van der Waals surface area contributed by atoms with Crippen LogP contribution in [-0.2, 0) is 0 Å². The standard InChI is InChI=1S/C14H21IN4/c1-13(2,3)19(14(4,5)6)18-12-10(9-16)11(15)7-8-17-12/h7-8H,1-6H3,(H,17,18). The Labute approximate surface area is 129 Å². The Morgan fingerprint density at radius 3 is 2.16 bits per heavy atom. The molecule has 4 nitrogen and oxygen atoms in total. The summed E-state index contributed by atoms with van der Waals surface area (Å²) in [7, 11) is 0. The molecule has 0 saturated heterocycles. The van der Waals surface area contributed by atoms with Crippen LogP contribution in [0.5, 0.6) is 0 Å². The fraction of sp³-hybridized carbons (Fsp3) is 0.571. The number of pyridine rings is 1. The van der Waals surface area contributed by atoms with Gasteiger partial charge >= 0.3 is 0 Å². The molecular formula is C14H21IN4. The third kappa shape index (κ3) is 4.05. The summed E-state index contributed by atoms with van der Waals surface area (Å²) in [6, 6.07) is 4.05. The van der Waals surface area contributed by atoms with Crippen LogP contribution in [0.4, 0.5) is 5.82 Å². The maximum absolute atomic E-state index is 9.26. The lowest BCUT2D eigenvalue weighted by molar-refractivity contribution is 0.0676. The lowest BCUT2D eigenvalue weighted by atomic mass is 9.99. The van der Waals surface area contributed by atoms with Crippen molar-refractivity contribution < 1.29 is 0 Å². The highest BCUT2D eigenvalue weighted by atomic mass is 127. The van der Waals surface area contributed by atoms with Crippen LogP contribution < -0.4 is 5.43 Å². The monoisotopic (exact) mass is 372 g/mol. The molecule has 104 valence electrons. The number of hydrogen-bond donors (Lipinski definition) is 1. The predicted octanol–water partition coefficient (Wildman–Crippen LogP) is 3.78. The zero-order chi connectivity index (χ0) is 14.8. The molecule has 0 radical (unpaired) electrons. The Kier molecular flexibility index (Phi) is 4.80. The predicted molar refractivity (Wildman–Crippen MR) is 86.6 cm³/mol. The number of nitrogens with zero attached hydrogens (tertiary/aromatic N) is 3. The molecule has 0 atom stereocenters. The van der Waals surface area contributed by atoms with Gasteiger partial charge in [0.25, 0.3) is 0 Å². The third-order valence-corrected chi connectivity index (χ3v) is 3.47. The van der Waals surface area contributed by atoms with Crippen molar-refractivity contribution in [1.29, 1.82) is 5.26 Å². The fourth-order valence-electron chi connectivity index (χ4n) is 2.08. The topological polar surface area (TPSA) is 52.0 Å². The molecule has 1 N–H and O–H groups in total. The number of hydrazine groups is 1. The Bertz CT molecular complexity index is 478. The molecule has 0 spiro atoms. The van der Waals surface area contributed by atoms with Crippen LogP contribution >= 0.6 is 22.6 Å². The summed E-state index contributed by atoms with van der Waals surface area (Å²) >= 11 is 2.15. The zero-order valence-electron chi connectivity index (χ0n) is 12.4. The van der Waals surface area contributed by atoms with Crippen molar-refractivity contribution >= 4 is 28.4 Å². The van der Waals surface area contributed by atoms with E-state index < -0.39 is 0 Å². The second-order valence-electron chi connectivity index (χ2n) is 6.42. The molecule has 1 rings (SSSR count). The molecule has 0 fully saturated rings. The summed E-state index contributed by atoms with van der Waals surface area (Å²) in [6.45, 7) is 12.8. The fourth-order valence-corrected chi connectivity index (χ4v) is 2.61. The van der Waals surface area contributed by atoms with Gasteiger partial charge in [-0.3, -0.25) is 0 Å². The van der Waals surface area contributed by atoms with E-state index in [4.69, 9.17) is 0 Å². The second kappa shape index (κ2) is 5.63. The molecule has 0 unspecified atom stereocenters. The molecular weight excluding hydrogens is 351 g/mol. The molecule has 5 heteroatoms. The minimum atomic E-state index is -0.0894. The largest absolute Gasteiger partial charge is 0.301 e. The van der Waals surface area contributed by atoms with Crippen LogP contribution in [0.3, 0.4) is 0 Å². The van der Waals surface area contributed by atoms with E-state index in [-0.39, 0.29) is 11.1 Å². The van der Waals surface area contributed by atoms with E-state index in [2.05, 4.69) is 85.6 Å². The molecule has 0 amide bonds. The third-order valence-electron chi connectivity index (χ3n) is 2.57. The smallest absolute Gasteiger partial charge is 0.159 e. The van der Waals surface area contributed by atoms with Gasteiger partial charge in [-0.25, -0.2) is 9.99 Å². The molecule has 1 heterocycles. The molecule has 0 saturated carbocycles. The molecule has 0 aliphatic rings. The highest BCUT2D eigenvalue weighted by Crippen LogP contribution is 2.27. The van der Waals surface area contributed by atoms with Gasteiger partial charge < -0.3 is 5.43 Å². The molecule has 0 aliphatic carbocycles. The molecule has 0 aliphatic heterocycles. The van der Waals surface area contributed by atoms with E-state index in [9.17, 15) is 5.26 Å². The van der Waals surface area contributed by atoms with Crippen molar-refractivity contribution in [1.82, 2.24) is 9.99 Å². The second-order valence-corrected chi connectivity index (χ2v) is 7.58. The van der Waals surface area contributed by atoms with Crippen molar-refractivity contribution in [2.45, 2.75) is 52.6 Å². The average molecular weight is 372 g/mol. The first-order chi connectivity index (χ1) is 8.57. The van der Waals surface area contributed by atoms with Crippen molar-refractivity contribution in [3.8, 4) is 6.07 Å². The van der Waals surface area contributed by atoms with Crippen LogP contribution in [0.15, 0.2) is 12.3 Å². The van der Waals surface area contributed by atoms with E-state index in [0.29, 0.717) is 11.4 Å². The average Bonchev–Trinajstić information content (AvgIpc) is 2.22. The lowest BCUT2D eigenvalue weighted by Crippen LogP contribution is -2.55. The van der Waals surface area contributed by atoms with E-state index in [1.54, 1.807) is 6.20 Å². The van der Waals surface area contributed by atoms with Gasteiger partial charge in [0.15, 0.2) is 5.82 Å². The Balaban J connectivity index is 3.20. The highest BCUT2D eigenvalue weighted by molar-refractivity contribution is 14.1. The van der Waals surface area contributed by atoms with Crippen molar-refractivity contribution in [3.05, 3.63) is 21.4 Å². The highest BCUT2D eigenvalue weighted by Gasteiger charge is 2.32. The molecule has 1 aromatic rings. The Hall–Kier alpha value is -0.870. The van der Waals surface area contributed by atoms with Gasteiger partial charge in [-0.15, -0.1) is 0 Å². The van der Waals surface area contributed by atoms with Crippen LogP contribution in [0, 0.1) is 14.9 Å². The van der Waals surface area contributed by atoms with Gasteiger partial charge in [0.05, 0.1) is 0 Å². The van der Waals surface area contributed by atoms with E-state index in [0.717, 1.165) is 3.57 Å². The number of anilines is 1. The van der Waals surface area contributed by atoms with Gasteiger partial charge in [-0.1, -0.05) is 0 Å². The van der Waals surface area contributed by atoms with Crippen molar-refractivity contribution in [2.24, 2.45) is 0 Å². The van der Waals surface area contributed by atoms with E-state index in [1.807, 2.05) is 6.07 Å².